The van der Waals surface area contributed by atoms with Gasteiger partial charge in [0.25, 0.3) is 0 Å². The van der Waals surface area contributed by atoms with Crippen LogP contribution in [0.15, 0.2) is 36.8 Å². The fourth-order valence-electron chi connectivity index (χ4n) is 1.23. The molecule has 5 nitrogen and oxygen atoms in total. The lowest BCUT2D eigenvalue weighted by atomic mass is 10.3. The standard InChI is InChI=1S/C11H11N3O2/c1-14-7-9(6-13-14)11(15)16-8-10-4-2-3-5-12-10/h2-7H,8H2,1H3. The van der Waals surface area contributed by atoms with Crippen LogP contribution < -0.4 is 0 Å². The first-order valence-corrected chi connectivity index (χ1v) is 4.81. The summed E-state index contributed by atoms with van der Waals surface area (Å²) in [6, 6.07) is 5.46. The van der Waals surface area contributed by atoms with Crippen LogP contribution >= 0.6 is 0 Å². The molecular formula is C11H11N3O2. The highest BCUT2D eigenvalue weighted by atomic mass is 16.5. The Labute approximate surface area is 92.7 Å². The van der Waals surface area contributed by atoms with Crippen LogP contribution in [0.4, 0.5) is 0 Å². The maximum Gasteiger partial charge on any atom is 0.341 e. The van der Waals surface area contributed by atoms with Gasteiger partial charge in [0.2, 0.25) is 0 Å². The molecule has 0 radical (unpaired) electrons. The summed E-state index contributed by atoms with van der Waals surface area (Å²) in [6.07, 6.45) is 4.74. The molecule has 2 rings (SSSR count). The summed E-state index contributed by atoms with van der Waals surface area (Å²) < 4.78 is 6.63. The second-order valence-corrected chi connectivity index (χ2v) is 3.30. The molecule has 2 aromatic rings. The first-order valence-electron chi connectivity index (χ1n) is 4.81. The highest BCUT2D eigenvalue weighted by Crippen LogP contribution is 2.02. The van der Waals surface area contributed by atoms with Crippen molar-refractivity contribution in [2.45, 2.75) is 6.61 Å². The van der Waals surface area contributed by atoms with Crippen molar-refractivity contribution in [3.63, 3.8) is 0 Å². The molecule has 0 fully saturated rings. The number of hydrogen-bond donors (Lipinski definition) is 0. The van der Waals surface area contributed by atoms with Gasteiger partial charge < -0.3 is 4.74 Å². The summed E-state index contributed by atoms with van der Waals surface area (Å²) in [6.45, 7) is 0.175. The molecule has 2 heterocycles. The monoisotopic (exact) mass is 217 g/mol. The van der Waals surface area contributed by atoms with Crippen molar-refractivity contribution in [3.05, 3.63) is 48.0 Å². The van der Waals surface area contributed by atoms with Gasteiger partial charge in [0, 0.05) is 19.4 Å². The van der Waals surface area contributed by atoms with Gasteiger partial charge in [0.15, 0.2) is 0 Å². The number of hydrogen-bond acceptors (Lipinski definition) is 4. The summed E-state index contributed by atoms with van der Waals surface area (Å²) in [5, 5.41) is 3.89. The van der Waals surface area contributed by atoms with E-state index < -0.39 is 5.97 Å². The third-order valence-electron chi connectivity index (χ3n) is 2.02. The molecule has 5 heteroatoms. The summed E-state index contributed by atoms with van der Waals surface area (Å²) in [5.74, 6) is -0.390. The summed E-state index contributed by atoms with van der Waals surface area (Å²) in [5.41, 5.74) is 1.16. The maximum absolute atomic E-state index is 11.5. The Morgan fingerprint density at radius 2 is 2.38 bits per heavy atom. The molecule has 0 atom stereocenters. The summed E-state index contributed by atoms with van der Waals surface area (Å²) in [7, 11) is 1.75. The molecule has 0 aliphatic rings. The quantitative estimate of drug-likeness (QED) is 0.724. The number of esters is 1. The van der Waals surface area contributed by atoms with Crippen molar-refractivity contribution in [2.24, 2.45) is 7.05 Å². The van der Waals surface area contributed by atoms with Crippen molar-refractivity contribution in [1.29, 1.82) is 0 Å². The van der Waals surface area contributed by atoms with Gasteiger partial charge in [0.05, 0.1) is 17.5 Å². The van der Waals surface area contributed by atoms with E-state index in [-0.39, 0.29) is 6.61 Å². The topological polar surface area (TPSA) is 57.0 Å². The van der Waals surface area contributed by atoms with Gasteiger partial charge >= 0.3 is 5.97 Å². The lowest BCUT2D eigenvalue weighted by Gasteiger charge is -2.01. The van der Waals surface area contributed by atoms with Gasteiger partial charge in [-0.15, -0.1) is 0 Å². The molecule has 0 N–H and O–H groups in total. The van der Waals surface area contributed by atoms with E-state index in [1.54, 1.807) is 30.2 Å². The highest BCUT2D eigenvalue weighted by Gasteiger charge is 2.09. The predicted octanol–water partition coefficient (Wildman–Crippen LogP) is 1.17. The van der Waals surface area contributed by atoms with E-state index in [0.717, 1.165) is 5.69 Å². The Bertz CT molecular complexity index is 479. The zero-order valence-corrected chi connectivity index (χ0v) is 8.83. The second-order valence-electron chi connectivity index (χ2n) is 3.30. The fourth-order valence-corrected chi connectivity index (χ4v) is 1.23. The van der Waals surface area contributed by atoms with Gasteiger partial charge in [-0.3, -0.25) is 9.67 Å². The number of ether oxygens (including phenoxy) is 1. The van der Waals surface area contributed by atoms with Gasteiger partial charge in [-0.1, -0.05) is 6.07 Å². The van der Waals surface area contributed by atoms with E-state index in [1.807, 2.05) is 12.1 Å². The molecule has 0 aromatic carbocycles. The van der Waals surface area contributed by atoms with Gasteiger partial charge in [-0.05, 0) is 12.1 Å². The Balaban J connectivity index is 1.94. The number of aryl methyl sites for hydroxylation is 1. The number of carbonyl (C=O) groups excluding carboxylic acids is 1. The largest absolute Gasteiger partial charge is 0.455 e. The molecule has 0 bridgehead atoms. The average Bonchev–Trinajstić information content (AvgIpc) is 2.74. The zero-order chi connectivity index (χ0) is 11.4. The van der Waals surface area contributed by atoms with Crippen LogP contribution in [-0.4, -0.2) is 20.7 Å². The minimum atomic E-state index is -0.390. The van der Waals surface area contributed by atoms with Gasteiger partial charge in [-0.2, -0.15) is 5.10 Å². The summed E-state index contributed by atoms with van der Waals surface area (Å²) in [4.78, 5) is 15.6. The highest BCUT2D eigenvalue weighted by molar-refractivity contribution is 5.88. The molecular weight excluding hydrogens is 206 g/mol. The molecule has 82 valence electrons. The third-order valence-corrected chi connectivity index (χ3v) is 2.02. The van der Waals surface area contributed by atoms with Crippen LogP contribution in [0.2, 0.25) is 0 Å². The van der Waals surface area contributed by atoms with Gasteiger partial charge in [0.1, 0.15) is 6.61 Å². The molecule has 0 saturated carbocycles. The number of rotatable bonds is 3. The minimum absolute atomic E-state index is 0.175. The van der Waals surface area contributed by atoms with Crippen LogP contribution in [0.1, 0.15) is 16.1 Å². The van der Waals surface area contributed by atoms with Crippen molar-refractivity contribution in [2.75, 3.05) is 0 Å². The minimum Gasteiger partial charge on any atom is -0.455 e. The normalized spacial score (nSPS) is 10.1. The molecule has 16 heavy (non-hydrogen) atoms. The fraction of sp³-hybridized carbons (Fsp3) is 0.182. The summed E-state index contributed by atoms with van der Waals surface area (Å²) >= 11 is 0. The Morgan fingerprint density at radius 1 is 1.50 bits per heavy atom. The zero-order valence-electron chi connectivity index (χ0n) is 8.83. The lowest BCUT2D eigenvalue weighted by molar-refractivity contribution is 0.0467. The second kappa shape index (κ2) is 4.57. The number of nitrogens with zero attached hydrogens (tertiary/aromatic N) is 3. The Kier molecular flexibility index (Phi) is 2.95. The van der Waals surface area contributed by atoms with E-state index in [1.165, 1.54) is 6.20 Å². The third kappa shape index (κ3) is 2.44. The Morgan fingerprint density at radius 3 is 3.00 bits per heavy atom. The van der Waals surface area contributed by atoms with E-state index in [4.69, 9.17) is 4.74 Å². The maximum atomic E-state index is 11.5. The molecule has 0 amide bonds. The van der Waals surface area contributed by atoms with Crippen LogP contribution in [0.5, 0.6) is 0 Å². The molecule has 0 spiro atoms. The average molecular weight is 217 g/mol. The Hall–Kier alpha value is -2.17. The molecule has 0 aliphatic heterocycles. The molecule has 2 aromatic heterocycles. The number of carbonyl (C=O) groups is 1. The molecule has 0 saturated heterocycles. The van der Waals surface area contributed by atoms with Crippen molar-refractivity contribution < 1.29 is 9.53 Å². The van der Waals surface area contributed by atoms with Crippen molar-refractivity contribution >= 4 is 5.97 Å². The predicted molar refractivity (Wildman–Crippen MR) is 56.6 cm³/mol. The van der Waals surface area contributed by atoms with Crippen molar-refractivity contribution in [1.82, 2.24) is 14.8 Å². The first-order chi connectivity index (χ1) is 7.75. The van der Waals surface area contributed by atoms with Crippen LogP contribution in [0.3, 0.4) is 0 Å². The molecule has 0 unspecified atom stereocenters. The van der Waals surface area contributed by atoms with Crippen LogP contribution in [0.25, 0.3) is 0 Å². The number of pyridine rings is 1. The number of aromatic nitrogens is 3. The van der Waals surface area contributed by atoms with E-state index in [9.17, 15) is 4.79 Å². The van der Waals surface area contributed by atoms with Gasteiger partial charge in [-0.25, -0.2) is 4.79 Å². The van der Waals surface area contributed by atoms with Crippen LogP contribution in [0, 0.1) is 0 Å². The first kappa shape index (κ1) is 10.4. The van der Waals surface area contributed by atoms with Crippen LogP contribution in [-0.2, 0) is 18.4 Å². The van der Waals surface area contributed by atoms with E-state index >= 15 is 0 Å². The lowest BCUT2D eigenvalue weighted by Crippen LogP contribution is -2.05. The van der Waals surface area contributed by atoms with E-state index in [0.29, 0.717) is 5.56 Å². The smallest absolute Gasteiger partial charge is 0.341 e. The van der Waals surface area contributed by atoms with Crippen molar-refractivity contribution in [3.8, 4) is 0 Å². The van der Waals surface area contributed by atoms with E-state index in [2.05, 4.69) is 10.1 Å². The SMILES string of the molecule is Cn1cc(C(=O)OCc2ccccn2)cn1. The molecule has 0 aliphatic carbocycles.